The molecule has 1 saturated carbocycles. The van der Waals surface area contributed by atoms with Gasteiger partial charge in [0.05, 0.1) is 12.3 Å². The molecule has 1 aliphatic rings. The second-order valence-corrected chi connectivity index (χ2v) is 6.07. The number of anilines is 2. The molecule has 122 valence electrons. The molecule has 1 aromatic carbocycles. The van der Waals surface area contributed by atoms with Gasteiger partial charge >= 0.3 is 0 Å². The van der Waals surface area contributed by atoms with Crippen molar-refractivity contribution in [2.75, 3.05) is 17.6 Å². The molecule has 0 radical (unpaired) electrons. The van der Waals surface area contributed by atoms with Crippen molar-refractivity contribution < 1.29 is 9.84 Å². The van der Waals surface area contributed by atoms with Crippen LogP contribution in [0.4, 0.5) is 11.8 Å². The van der Waals surface area contributed by atoms with Gasteiger partial charge in [0.15, 0.2) is 11.6 Å². The molecule has 1 heterocycles. The van der Waals surface area contributed by atoms with E-state index in [1.165, 1.54) is 6.20 Å². The zero-order valence-corrected chi connectivity index (χ0v) is 13.3. The number of nitrogens with one attached hydrogen (secondary N) is 1. The molecule has 1 fully saturated rings. The van der Waals surface area contributed by atoms with Crippen molar-refractivity contribution in [3.05, 3.63) is 35.5 Å². The Morgan fingerprint density at radius 1 is 1.30 bits per heavy atom. The molecular weight excluding hydrogens is 316 g/mol. The number of aromatic nitrogens is 2. The zero-order valence-electron chi connectivity index (χ0n) is 12.6. The predicted molar refractivity (Wildman–Crippen MR) is 89.8 cm³/mol. The first kappa shape index (κ1) is 15.8. The number of nitrogen functional groups attached to an aromatic ring is 1. The highest BCUT2D eigenvalue weighted by Crippen LogP contribution is 2.30. The number of ether oxygens (including phenoxy) is 1. The van der Waals surface area contributed by atoms with Gasteiger partial charge in [-0.15, -0.1) is 0 Å². The van der Waals surface area contributed by atoms with Gasteiger partial charge in [0.25, 0.3) is 0 Å². The summed E-state index contributed by atoms with van der Waals surface area (Å²) < 4.78 is 5.80. The Kier molecular flexibility index (Phi) is 4.83. The van der Waals surface area contributed by atoms with E-state index in [0.29, 0.717) is 28.9 Å². The molecule has 0 bridgehead atoms. The fourth-order valence-corrected chi connectivity index (χ4v) is 2.82. The molecule has 1 aliphatic carbocycles. The maximum atomic E-state index is 9.91. The number of aliphatic hydroxyl groups excluding tert-OH is 1. The highest BCUT2D eigenvalue weighted by molar-refractivity contribution is 6.30. The van der Waals surface area contributed by atoms with Gasteiger partial charge in [-0.1, -0.05) is 18.0 Å². The lowest BCUT2D eigenvalue weighted by Gasteiger charge is -2.17. The molecule has 0 saturated heterocycles. The van der Waals surface area contributed by atoms with Crippen LogP contribution in [-0.4, -0.2) is 27.7 Å². The van der Waals surface area contributed by atoms with E-state index in [4.69, 9.17) is 22.1 Å². The van der Waals surface area contributed by atoms with Gasteiger partial charge in [0.1, 0.15) is 5.75 Å². The van der Waals surface area contributed by atoms with Crippen molar-refractivity contribution in [1.82, 2.24) is 9.97 Å². The summed E-state index contributed by atoms with van der Waals surface area (Å²) in [4.78, 5) is 8.17. The lowest BCUT2D eigenvalue weighted by molar-refractivity contribution is 0.138. The maximum Gasteiger partial charge on any atom is 0.222 e. The SMILES string of the molecule is Nc1ncc(Oc2ccc(Cl)cc2)c(NC[C@@H]2CCC[C@H]2O)n1. The Hall–Kier alpha value is -2.05. The van der Waals surface area contributed by atoms with E-state index in [1.807, 2.05) is 0 Å². The average molecular weight is 335 g/mol. The van der Waals surface area contributed by atoms with Gasteiger partial charge in [-0.3, -0.25) is 0 Å². The highest BCUT2D eigenvalue weighted by atomic mass is 35.5. The number of aliphatic hydroxyl groups is 1. The summed E-state index contributed by atoms with van der Waals surface area (Å²) in [6.45, 7) is 0.620. The van der Waals surface area contributed by atoms with Crippen molar-refractivity contribution in [3.63, 3.8) is 0 Å². The fraction of sp³-hybridized carbons (Fsp3) is 0.375. The molecule has 3 rings (SSSR count). The molecule has 2 aromatic rings. The van der Waals surface area contributed by atoms with Crippen LogP contribution in [0.2, 0.25) is 5.02 Å². The van der Waals surface area contributed by atoms with E-state index in [9.17, 15) is 5.11 Å². The number of rotatable bonds is 5. The Morgan fingerprint density at radius 3 is 2.78 bits per heavy atom. The third kappa shape index (κ3) is 4.03. The molecule has 0 aliphatic heterocycles. The Balaban J connectivity index is 1.73. The van der Waals surface area contributed by atoms with Crippen LogP contribution in [0.5, 0.6) is 11.5 Å². The Morgan fingerprint density at radius 2 is 2.09 bits per heavy atom. The molecule has 0 unspecified atom stereocenters. The standard InChI is InChI=1S/C16H19ClN4O2/c17-11-4-6-12(7-5-11)23-14-9-20-16(18)21-15(14)19-8-10-2-1-3-13(10)22/h4-7,9-10,13,22H,1-3,8H2,(H3,18,19,20,21)/t10-,13+/m0/s1. The third-order valence-electron chi connectivity index (χ3n) is 3.97. The topological polar surface area (TPSA) is 93.3 Å². The molecule has 7 heteroatoms. The number of hydrogen-bond donors (Lipinski definition) is 3. The van der Waals surface area contributed by atoms with Crippen LogP contribution < -0.4 is 15.8 Å². The summed E-state index contributed by atoms with van der Waals surface area (Å²) in [5, 5.41) is 13.8. The minimum Gasteiger partial charge on any atom is -0.452 e. The third-order valence-corrected chi connectivity index (χ3v) is 4.22. The molecule has 0 spiro atoms. The first-order chi connectivity index (χ1) is 11.1. The highest BCUT2D eigenvalue weighted by Gasteiger charge is 2.25. The van der Waals surface area contributed by atoms with Crippen molar-refractivity contribution in [2.24, 2.45) is 5.92 Å². The van der Waals surface area contributed by atoms with Crippen molar-refractivity contribution in [2.45, 2.75) is 25.4 Å². The smallest absolute Gasteiger partial charge is 0.222 e. The van der Waals surface area contributed by atoms with Gasteiger partial charge in [-0.2, -0.15) is 4.98 Å². The van der Waals surface area contributed by atoms with Crippen LogP contribution in [0.15, 0.2) is 30.5 Å². The Labute approximate surface area is 139 Å². The lowest BCUT2D eigenvalue weighted by Crippen LogP contribution is -2.22. The molecular formula is C16H19ClN4O2. The van der Waals surface area contributed by atoms with Crippen LogP contribution >= 0.6 is 11.6 Å². The van der Waals surface area contributed by atoms with Crippen LogP contribution in [0.25, 0.3) is 0 Å². The summed E-state index contributed by atoms with van der Waals surface area (Å²) in [5.41, 5.74) is 5.67. The van der Waals surface area contributed by atoms with Crippen LogP contribution in [0.1, 0.15) is 19.3 Å². The van der Waals surface area contributed by atoms with Crippen molar-refractivity contribution >= 4 is 23.4 Å². The number of hydrogen-bond acceptors (Lipinski definition) is 6. The predicted octanol–water partition coefficient (Wildman–Crippen LogP) is 3.08. The largest absolute Gasteiger partial charge is 0.452 e. The molecule has 23 heavy (non-hydrogen) atoms. The van der Waals surface area contributed by atoms with E-state index in [-0.39, 0.29) is 18.0 Å². The summed E-state index contributed by atoms with van der Waals surface area (Å²) >= 11 is 5.87. The average Bonchev–Trinajstić information content (AvgIpc) is 2.95. The summed E-state index contributed by atoms with van der Waals surface area (Å²) in [6, 6.07) is 7.03. The second-order valence-electron chi connectivity index (χ2n) is 5.64. The van der Waals surface area contributed by atoms with Crippen molar-refractivity contribution in [3.8, 4) is 11.5 Å². The fourth-order valence-electron chi connectivity index (χ4n) is 2.70. The maximum absolute atomic E-state index is 9.91. The molecule has 2 atom stereocenters. The summed E-state index contributed by atoms with van der Waals surface area (Å²) in [5.74, 6) is 2.02. The van der Waals surface area contributed by atoms with E-state index in [2.05, 4.69) is 15.3 Å². The minimum atomic E-state index is -0.262. The minimum absolute atomic E-state index is 0.169. The Bertz CT molecular complexity index is 666. The molecule has 1 aromatic heterocycles. The second kappa shape index (κ2) is 7.02. The van der Waals surface area contributed by atoms with Gasteiger partial charge in [-0.05, 0) is 37.1 Å². The lowest BCUT2D eigenvalue weighted by atomic mass is 10.1. The molecule has 4 N–H and O–H groups in total. The monoisotopic (exact) mass is 334 g/mol. The number of nitrogens with zero attached hydrogens (tertiary/aromatic N) is 2. The number of halogens is 1. The zero-order chi connectivity index (χ0) is 16.2. The van der Waals surface area contributed by atoms with Gasteiger partial charge in [0.2, 0.25) is 5.95 Å². The van der Waals surface area contributed by atoms with Gasteiger partial charge in [-0.25, -0.2) is 4.98 Å². The first-order valence-electron chi connectivity index (χ1n) is 7.59. The molecule has 6 nitrogen and oxygen atoms in total. The van der Waals surface area contributed by atoms with Gasteiger partial charge < -0.3 is 20.9 Å². The van der Waals surface area contributed by atoms with Crippen LogP contribution in [0, 0.1) is 5.92 Å². The normalized spacial score (nSPS) is 20.4. The molecule has 0 amide bonds. The van der Waals surface area contributed by atoms with Crippen molar-refractivity contribution in [1.29, 1.82) is 0 Å². The first-order valence-corrected chi connectivity index (χ1v) is 7.97. The van der Waals surface area contributed by atoms with E-state index >= 15 is 0 Å². The number of nitrogens with two attached hydrogens (primary N) is 1. The summed E-state index contributed by atoms with van der Waals surface area (Å²) in [6.07, 6.45) is 4.18. The van der Waals surface area contributed by atoms with E-state index in [1.54, 1.807) is 24.3 Å². The quantitative estimate of drug-likeness (QED) is 0.778. The summed E-state index contributed by atoms with van der Waals surface area (Å²) in [7, 11) is 0. The van der Waals surface area contributed by atoms with Crippen LogP contribution in [0.3, 0.4) is 0 Å². The number of benzene rings is 1. The van der Waals surface area contributed by atoms with E-state index in [0.717, 1.165) is 19.3 Å². The van der Waals surface area contributed by atoms with E-state index < -0.39 is 0 Å². The van der Waals surface area contributed by atoms with Crippen LogP contribution in [-0.2, 0) is 0 Å². The van der Waals surface area contributed by atoms with Gasteiger partial charge in [0, 0.05) is 17.5 Å².